The molecule has 0 unspecified atom stereocenters. The van der Waals surface area contributed by atoms with Crippen LogP contribution in [0.4, 0.5) is 13.2 Å². The van der Waals surface area contributed by atoms with Gasteiger partial charge in [0.05, 0.1) is 25.1 Å². The lowest BCUT2D eigenvalue weighted by molar-refractivity contribution is -0.145. The molecule has 0 aliphatic carbocycles. The third-order valence-electron chi connectivity index (χ3n) is 2.41. The van der Waals surface area contributed by atoms with Gasteiger partial charge < -0.3 is 5.11 Å². The van der Waals surface area contributed by atoms with E-state index in [1.807, 2.05) is 0 Å². The van der Waals surface area contributed by atoms with E-state index < -0.39 is 34.1 Å². The van der Waals surface area contributed by atoms with Crippen LogP contribution >= 0.6 is 0 Å². The van der Waals surface area contributed by atoms with E-state index >= 15 is 0 Å². The first-order valence-corrected chi connectivity index (χ1v) is 6.96. The standard InChI is InChI=1S/C9H13F3N2O3S/c1-2-18(16,17)4-3-14-8(9(10,11)12)7(6-15)5-13-14/h5,15H,2-4,6H2,1H3. The monoisotopic (exact) mass is 286 g/mol. The summed E-state index contributed by atoms with van der Waals surface area (Å²) in [7, 11) is -3.37. The largest absolute Gasteiger partial charge is 0.433 e. The van der Waals surface area contributed by atoms with Crippen molar-refractivity contribution in [1.82, 2.24) is 9.78 Å². The highest BCUT2D eigenvalue weighted by Crippen LogP contribution is 2.32. The Labute approximate surface area is 102 Å². The van der Waals surface area contributed by atoms with Gasteiger partial charge in [0.25, 0.3) is 0 Å². The van der Waals surface area contributed by atoms with Crippen LogP contribution in [0.15, 0.2) is 6.20 Å². The van der Waals surface area contributed by atoms with Crippen LogP contribution in [0.1, 0.15) is 18.2 Å². The van der Waals surface area contributed by atoms with Crippen LogP contribution in [0.25, 0.3) is 0 Å². The molecule has 0 aliphatic rings. The molecule has 104 valence electrons. The van der Waals surface area contributed by atoms with Gasteiger partial charge in [-0.1, -0.05) is 6.92 Å². The van der Waals surface area contributed by atoms with E-state index in [-0.39, 0.29) is 17.9 Å². The molecule has 0 saturated heterocycles. The summed E-state index contributed by atoms with van der Waals surface area (Å²) in [5.74, 6) is -0.554. The third-order valence-corrected chi connectivity index (χ3v) is 4.09. The van der Waals surface area contributed by atoms with Crippen molar-refractivity contribution >= 4 is 9.84 Å². The first-order chi connectivity index (χ1) is 8.21. The summed E-state index contributed by atoms with van der Waals surface area (Å²) in [4.78, 5) is 0. The van der Waals surface area contributed by atoms with E-state index in [0.29, 0.717) is 4.68 Å². The predicted octanol–water partition coefficient (Wildman–Crippen LogP) is 0.829. The number of rotatable bonds is 5. The molecule has 0 radical (unpaired) electrons. The lowest BCUT2D eigenvalue weighted by atomic mass is 10.2. The van der Waals surface area contributed by atoms with Gasteiger partial charge in [-0.2, -0.15) is 18.3 Å². The lowest BCUT2D eigenvalue weighted by Gasteiger charge is -2.11. The van der Waals surface area contributed by atoms with Crippen molar-refractivity contribution in [2.45, 2.75) is 26.3 Å². The molecule has 0 spiro atoms. The molecular formula is C9H13F3N2O3S. The summed E-state index contributed by atoms with van der Waals surface area (Å²) in [6, 6.07) is 0. The van der Waals surface area contributed by atoms with Crippen molar-refractivity contribution in [2.75, 3.05) is 11.5 Å². The summed E-state index contributed by atoms with van der Waals surface area (Å²) in [6.07, 6.45) is -3.79. The Morgan fingerprint density at radius 2 is 2.06 bits per heavy atom. The molecule has 9 heteroatoms. The maximum Gasteiger partial charge on any atom is 0.433 e. The number of aliphatic hydroxyl groups excluding tert-OH is 1. The number of aliphatic hydroxyl groups is 1. The number of halogens is 3. The Morgan fingerprint density at radius 3 is 2.50 bits per heavy atom. The second-order valence-corrected chi connectivity index (χ2v) is 6.11. The zero-order chi connectivity index (χ0) is 14.0. The molecule has 0 amide bonds. The minimum Gasteiger partial charge on any atom is -0.392 e. The van der Waals surface area contributed by atoms with Gasteiger partial charge in [-0.05, 0) is 0 Å². The SMILES string of the molecule is CCS(=O)(=O)CCn1ncc(CO)c1C(F)(F)F. The number of nitrogens with zero attached hydrogens (tertiary/aromatic N) is 2. The van der Waals surface area contributed by atoms with Gasteiger partial charge in [0.2, 0.25) is 0 Å². The molecule has 18 heavy (non-hydrogen) atoms. The molecule has 1 heterocycles. The first kappa shape index (κ1) is 15.0. The van der Waals surface area contributed by atoms with Gasteiger partial charge in [-0.15, -0.1) is 0 Å². The van der Waals surface area contributed by atoms with Crippen molar-refractivity contribution in [3.8, 4) is 0 Å². The van der Waals surface area contributed by atoms with E-state index in [2.05, 4.69) is 5.10 Å². The Balaban J connectivity index is 3.01. The van der Waals surface area contributed by atoms with E-state index in [0.717, 1.165) is 6.20 Å². The van der Waals surface area contributed by atoms with Crippen LogP contribution in [0.2, 0.25) is 0 Å². The Morgan fingerprint density at radius 1 is 1.44 bits per heavy atom. The van der Waals surface area contributed by atoms with Crippen LogP contribution in [0.5, 0.6) is 0 Å². The third kappa shape index (κ3) is 3.45. The number of hydrogen-bond donors (Lipinski definition) is 1. The van der Waals surface area contributed by atoms with E-state index in [1.165, 1.54) is 6.92 Å². The first-order valence-electron chi connectivity index (χ1n) is 5.14. The highest BCUT2D eigenvalue weighted by atomic mass is 32.2. The minimum absolute atomic E-state index is 0.136. The Kier molecular flexibility index (Phi) is 4.38. The van der Waals surface area contributed by atoms with Gasteiger partial charge in [-0.25, -0.2) is 8.42 Å². The average Bonchev–Trinajstić information content (AvgIpc) is 2.69. The van der Waals surface area contributed by atoms with Crippen LogP contribution in [0.3, 0.4) is 0 Å². The fourth-order valence-corrected chi connectivity index (χ4v) is 2.15. The molecule has 0 atom stereocenters. The van der Waals surface area contributed by atoms with Crippen molar-refractivity contribution in [1.29, 1.82) is 0 Å². The zero-order valence-electron chi connectivity index (χ0n) is 9.61. The smallest absolute Gasteiger partial charge is 0.392 e. The Hall–Kier alpha value is -1.09. The highest BCUT2D eigenvalue weighted by molar-refractivity contribution is 7.91. The topological polar surface area (TPSA) is 72.2 Å². The number of alkyl halides is 3. The maximum atomic E-state index is 12.7. The molecule has 0 aliphatic heterocycles. The average molecular weight is 286 g/mol. The van der Waals surface area contributed by atoms with Gasteiger partial charge in [0.15, 0.2) is 9.84 Å². The molecular weight excluding hydrogens is 273 g/mol. The quantitative estimate of drug-likeness (QED) is 0.870. The van der Waals surface area contributed by atoms with Crippen molar-refractivity contribution < 1.29 is 26.7 Å². The van der Waals surface area contributed by atoms with Crippen LogP contribution < -0.4 is 0 Å². The van der Waals surface area contributed by atoms with E-state index in [1.54, 1.807) is 0 Å². The molecule has 0 bridgehead atoms. The van der Waals surface area contributed by atoms with Crippen LogP contribution in [-0.4, -0.2) is 34.8 Å². The predicted molar refractivity (Wildman–Crippen MR) is 57.5 cm³/mol. The van der Waals surface area contributed by atoms with Crippen LogP contribution in [-0.2, 0) is 29.2 Å². The maximum absolute atomic E-state index is 12.7. The van der Waals surface area contributed by atoms with Crippen molar-refractivity contribution in [3.63, 3.8) is 0 Å². The number of hydrogen-bond acceptors (Lipinski definition) is 4. The number of sulfone groups is 1. The number of aromatic nitrogens is 2. The van der Waals surface area contributed by atoms with E-state index in [4.69, 9.17) is 5.11 Å². The zero-order valence-corrected chi connectivity index (χ0v) is 10.4. The molecule has 0 fully saturated rings. The fraction of sp³-hybridized carbons (Fsp3) is 0.667. The molecule has 1 aromatic rings. The molecule has 5 nitrogen and oxygen atoms in total. The summed E-state index contributed by atoms with van der Waals surface area (Å²) in [6.45, 7) is 0.239. The highest BCUT2D eigenvalue weighted by Gasteiger charge is 2.37. The van der Waals surface area contributed by atoms with Gasteiger partial charge >= 0.3 is 6.18 Å². The summed E-state index contributed by atoms with van der Waals surface area (Å²) in [5, 5.41) is 12.3. The Bertz CT molecular complexity index is 508. The molecule has 1 rings (SSSR count). The van der Waals surface area contributed by atoms with Gasteiger partial charge in [0, 0.05) is 11.3 Å². The summed E-state index contributed by atoms with van der Waals surface area (Å²) in [5.41, 5.74) is -1.47. The van der Waals surface area contributed by atoms with Crippen LogP contribution in [0, 0.1) is 0 Å². The number of aryl methyl sites for hydroxylation is 1. The van der Waals surface area contributed by atoms with Gasteiger partial charge in [0.1, 0.15) is 5.69 Å². The second-order valence-electron chi connectivity index (χ2n) is 3.63. The molecule has 1 N–H and O–H groups in total. The minimum atomic E-state index is -4.68. The normalized spacial score (nSPS) is 12.9. The molecule has 1 aromatic heterocycles. The van der Waals surface area contributed by atoms with Crippen molar-refractivity contribution in [2.24, 2.45) is 0 Å². The van der Waals surface area contributed by atoms with Crippen molar-refractivity contribution in [3.05, 3.63) is 17.5 Å². The summed E-state index contributed by atoms with van der Waals surface area (Å²) >= 11 is 0. The van der Waals surface area contributed by atoms with E-state index in [9.17, 15) is 21.6 Å². The molecule has 0 aromatic carbocycles. The molecule has 0 saturated carbocycles. The van der Waals surface area contributed by atoms with Gasteiger partial charge in [-0.3, -0.25) is 4.68 Å². The second kappa shape index (κ2) is 5.27. The summed E-state index contributed by atoms with van der Waals surface area (Å²) < 4.78 is 61.2. The lowest BCUT2D eigenvalue weighted by Crippen LogP contribution is -2.21. The fourth-order valence-electron chi connectivity index (χ4n) is 1.41.